The van der Waals surface area contributed by atoms with Crippen LogP contribution in [-0.4, -0.2) is 19.4 Å². The molecule has 0 atom stereocenters. The van der Waals surface area contributed by atoms with Crippen molar-refractivity contribution in [3.8, 4) is 0 Å². The molecule has 0 N–H and O–H groups in total. The Kier molecular flexibility index (Phi) is 4.00. The molecule has 0 aliphatic carbocycles. The van der Waals surface area contributed by atoms with Crippen LogP contribution < -0.4 is 4.90 Å². The normalized spacial score (nSPS) is 16.2. The third kappa shape index (κ3) is 3.01. The maximum absolute atomic E-state index is 11.1. The van der Waals surface area contributed by atoms with E-state index in [0.717, 1.165) is 31.5 Å². The third-order valence-electron chi connectivity index (χ3n) is 3.63. The molecule has 0 bridgehead atoms. The summed E-state index contributed by atoms with van der Waals surface area (Å²) >= 11 is 6.25. The average molecular weight is 278 g/mol. The summed E-state index contributed by atoms with van der Waals surface area (Å²) in [5.74, 6) is 0. The maximum Gasteiger partial charge on any atom is 0.152 e. The van der Waals surface area contributed by atoms with Gasteiger partial charge >= 0.3 is 0 Å². The van der Waals surface area contributed by atoms with Crippen LogP contribution in [0.1, 0.15) is 37.6 Å². The van der Waals surface area contributed by atoms with E-state index >= 15 is 0 Å². The van der Waals surface area contributed by atoms with Gasteiger partial charge in [0, 0.05) is 18.7 Å². The van der Waals surface area contributed by atoms with Crippen LogP contribution >= 0.6 is 11.6 Å². The lowest BCUT2D eigenvalue weighted by Gasteiger charge is -2.34. The first-order valence-electron chi connectivity index (χ1n) is 6.61. The van der Waals surface area contributed by atoms with Gasteiger partial charge in [-0.15, -0.1) is 0 Å². The summed E-state index contributed by atoms with van der Waals surface area (Å²) in [5, 5.41) is 0.650. The van der Waals surface area contributed by atoms with E-state index in [2.05, 4.69) is 31.7 Å². The largest absolute Gasteiger partial charge is 0.366 e. The van der Waals surface area contributed by atoms with Gasteiger partial charge in [-0.25, -0.2) is 0 Å². The predicted octanol–water partition coefficient (Wildman–Crippen LogP) is 4.34. The van der Waals surface area contributed by atoms with E-state index in [1.165, 1.54) is 5.57 Å². The zero-order chi connectivity index (χ0) is 14.0. The minimum Gasteiger partial charge on any atom is -0.366 e. The van der Waals surface area contributed by atoms with E-state index < -0.39 is 0 Å². The van der Waals surface area contributed by atoms with Crippen molar-refractivity contribution < 1.29 is 4.79 Å². The Balaban J connectivity index is 2.28. The van der Waals surface area contributed by atoms with Gasteiger partial charge in [0.2, 0.25) is 0 Å². The van der Waals surface area contributed by atoms with Crippen LogP contribution in [0.15, 0.2) is 29.8 Å². The van der Waals surface area contributed by atoms with Crippen LogP contribution in [0.2, 0.25) is 5.02 Å². The van der Waals surface area contributed by atoms with E-state index in [1.54, 1.807) is 0 Å². The number of rotatable bonds is 2. The fourth-order valence-corrected chi connectivity index (χ4v) is 2.82. The first-order chi connectivity index (χ1) is 8.93. The molecular formula is C16H20ClNO. The van der Waals surface area contributed by atoms with Gasteiger partial charge in [-0.1, -0.05) is 50.1 Å². The molecule has 1 aromatic carbocycles. The highest BCUT2D eigenvalue weighted by molar-refractivity contribution is 6.33. The molecule has 3 heteroatoms. The number of hydrogen-bond donors (Lipinski definition) is 0. The topological polar surface area (TPSA) is 20.3 Å². The number of carbonyl (C=O) groups excluding carboxylic acids is 1. The van der Waals surface area contributed by atoms with Gasteiger partial charge < -0.3 is 4.90 Å². The quantitative estimate of drug-likeness (QED) is 0.592. The van der Waals surface area contributed by atoms with Gasteiger partial charge in [-0.05, 0) is 24.0 Å². The second-order valence-electron chi connectivity index (χ2n) is 5.97. The van der Waals surface area contributed by atoms with Gasteiger partial charge in [-0.3, -0.25) is 4.79 Å². The maximum atomic E-state index is 11.1. The zero-order valence-electron chi connectivity index (χ0n) is 11.7. The molecule has 1 aliphatic rings. The van der Waals surface area contributed by atoms with Crippen molar-refractivity contribution in [3.05, 3.63) is 40.4 Å². The highest BCUT2D eigenvalue weighted by Gasteiger charge is 2.23. The van der Waals surface area contributed by atoms with Crippen LogP contribution in [0, 0.1) is 5.41 Å². The molecule has 0 aromatic heterocycles. The van der Waals surface area contributed by atoms with E-state index in [0.29, 0.717) is 10.6 Å². The first kappa shape index (κ1) is 14.1. The van der Waals surface area contributed by atoms with Crippen molar-refractivity contribution in [2.45, 2.75) is 27.2 Å². The van der Waals surface area contributed by atoms with Crippen molar-refractivity contribution in [1.82, 2.24) is 0 Å². The van der Waals surface area contributed by atoms with Gasteiger partial charge in [0.05, 0.1) is 10.7 Å². The number of hydrogen-bond acceptors (Lipinski definition) is 2. The molecule has 1 aliphatic heterocycles. The molecule has 0 saturated carbocycles. The second kappa shape index (κ2) is 5.38. The van der Waals surface area contributed by atoms with Gasteiger partial charge in [-0.2, -0.15) is 0 Å². The zero-order valence-corrected chi connectivity index (χ0v) is 12.5. The number of para-hydroxylation sites is 1. The van der Waals surface area contributed by atoms with Crippen LogP contribution in [0.3, 0.4) is 0 Å². The molecule has 2 rings (SSSR count). The van der Waals surface area contributed by atoms with Crippen molar-refractivity contribution in [2.24, 2.45) is 5.41 Å². The average Bonchev–Trinajstić information content (AvgIpc) is 2.37. The van der Waals surface area contributed by atoms with Crippen LogP contribution in [-0.2, 0) is 0 Å². The molecule has 0 fully saturated rings. The SMILES string of the molecule is CC(C)(C)C1=CCN(c2c(Cl)cccc2C=O)CC1. The number of carbonyl (C=O) groups is 1. The second-order valence-corrected chi connectivity index (χ2v) is 6.38. The highest BCUT2D eigenvalue weighted by atomic mass is 35.5. The number of aldehydes is 1. The van der Waals surface area contributed by atoms with Gasteiger partial charge in [0.25, 0.3) is 0 Å². The fraction of sp³-hybridized carbons (Fsp3) is 0.438. The number of anilines is 1. The lowest BCUT2D eigenvalue weighted by atomic mass is 9.83. The summed E-state index contributed by atoms with van der Waals surface area (Å²) in [6.07, 6.45) is 4.17. The Hall–Kier alpha value is -1.28. The minimum atomic E-state index is 0.222. The monoisotopic (exact) mass is 277 g/mol. The number of halogens is 1. The Labute approximate surface area is 120 Å². The van der Waals surface area contributed by atoms with E-state index in [1.807, 2.05) is 18.2 Å². The molecule has 102 valence electrons. The molecule has 2 nitrogen and oxygen atoms in total. The van der Waals surface area contributed by atoms with E-state index in [4.69, 9.17) is 11.6 Å². The molecule has 0 saturated heterocycles. The minimum absolute atomic E-state index is 0.222. The molecular weight excluding hydrogens is 258 g/mol. The predicted molar refractivity (Wildman–Crippen MR) is 81.2 cm³/mol. The van der Waals surface area contributed by atoms with Crippen molar-refractivity contribution in [2.75, 3.05) is 18.0 Å². The Morgan fingerprint density at radius 2 is 2.05 bits per heavy atom. The first-order valence-corrected chi connectivity index (χ1v) is 6.99. The summed E-state index contributed by atoms with van der Waals surface area (Å²) in [7, 11) is 0. The molecule has 0 amide bonds. The summed E-state index contributed by atoms with van der Waals surface area (Å²) in [6.45, 7) is 8.44. The fourth-order valence-electron chi connectivity index (χ4n) is 2.51. The van der Waals surface area contributed by atoms with Crippen LogP contribution in [0.5, 0.6) is 0 Å². The van der Waals surface area contributed by atoms with Crippen molar-refractivity contribution >= 4 is 23.6 Å². The number of nitrogens with zero attached hydrogens (tertiary/aromatic N) is 1. The van der Waals surface area contributed by atoms with Gasteiger partial charge in [0.1, 0.15) is 0 Å². The van der Waals surface area contributed by atoms with E-state index in [-0.39, 0.29) is 5.41 Å². The summed E-state index contributed by atoms with van der Waals surface area (Å²) < 4.78 is 0. The van der Waals surface area contributed by atoms with Crippen LogP contribution in [0.4, 0.5) is 5.69 Å². The van der Waals surface area contributed by atoms with Crippen LogP contribution in [0.25, 0.3) is 0 Å². The molecule has 0 spiro atoms. The Bertz CT molecular complexity index is 514. The van der Waals surface area contributed by atoms with E-state index in [9.17, 15) is 4.79 Å². The van der Waals surface area contributed by atoms with Gasteiger partial charge in [0.15, 0.2) is 6.29 Å². The lowest BCUT2D eigenvalue weighted by molar-refractivity contribution is 0.112. The third-order valence-corrected chi connectivity index (χ3v) is 3.94. The molecule has 1 aromatic rings. The molecule has 0 radical (unpaired) electrons. The highest BCUT2D eigenvalue weighted by Crippen LogP contribution is 2.34. The number of benzene rings is 1. The summed E-state index contributed by atoms with van der Waals surface area (Å²) in [4.78, 5) is 13.3. The van der Waals surface area contributed by atoms with Crippen molar-refractivity contribution in [1.29, 1.82) is 0 Å². The summed E-state index contributed by atoms with van der Waals surface area (Å²) in [5.41, 5.74) is 3.23. The lowest BCUT2D eigenvalue weighted by Crippen LogP contribution is -2.32. The molecule has 19 heavy (non-hydrogen) atoms. The smallest absolute Gasteiger partial charge is 0.152 e. The molecule has 1 heterocycles. The van der Waals surface area contributed by atoms with Crippen molar-refractivity contribution in [3.63, 3.8) is 0 Å². The molecule has 0 unspecified atom stereocenters. The Morgan fingerprint density at radius 3 is 2.58 bits per heavy atom. The Morgan fingerprint density at radius 1 is 1.32 bits per heavy atom. The summed E-state index contributed by atoms with van der Waals surface area (Å²) in [6, 6.07) is 5.47. The standard InChI is InChI=1S/C16H20ClNO/c1-16(2,3)13-7-9-18(10-8-13)15-12(11-19)5-4-6-14(15)17/h4-7,11H,8-10H2,1-3H3.